The number of carbonyl (C=O) groups is 2. The lowest BCUT2D eigenvalue weighted by molar-refractivity contribution is -0.384. The first-order valence-corrected chi connectivity index (χ1v) is 10.1. The molecule has 9 nitrogen and oxygen atoms in total. The van der Waals surface area contributed by atoms with E-state index in [-0.39, 0.29) is 28.4 Å². The molecule has 0 atom stereocenters. The minimum absolute atomic E-state index is 0.0664. The molecule has 1 aliphatic heterocycles. The Morgan fingerprint density at radius 2 is 1.72 bits per heavy atom. The molecule has 2 aromatic carbocycles. The van der Waals surface area contributed by atoms with E-state index in [1.165, 1.54) is 30.5 Å². The molecule has 1 aliphatic rings. The molecule has 162 valence electrons. The lowest BCUT2D eigenvalue weighted by Gasteiger charge is -2.32. The van der Waals surface area contributed by atoms with Gasteiger partial charge >= 0.3 is 0 Å². The number of hydrogen-bond donors (Lipinski definition) is 0. The molecule has 2 heterocycles. The molecule has 1 amide bonds. The van der Waals surface area contributed by atoms with Crippen molar-refractivity contribution in [3.63, 3.8) is 0 Å². The Morgan fingerprint density at radius 3 is 2.41 bits per heavy atom. The third-order valence-electron chi connectivity index (χ3n) is 5.38. The van der Waals surface area contributed by atoms with Gasteiger partial charge in [0.2, 0.25) is 5.78 Å². The predicted octanol–water partition coefficient (Wildman–Crippen LogP) is 2.67. The van der Waals surface area contributed by atoms with Crippen LogP contribution in [-0.4, -0.2) is 69.6 Å². The number of amides is 1. The quantitative estimate of drug-likeness (QED) is 0.347. The molecular formula is C23H21N5O4. The Hall–Kier alpha value is -3.98. The highest BCUT2D eigenvalue weighted by molar-refractivity contribution is 6.14. The zero-order valence-corrected chi connectivity index (χ0v) is 17.5. The fourth-order valence-corrected chi connectivity index (χ4v) is 3.52. The van der Waals surface area contributed by atoms with Crippen molar-refractivity contribution in [3.8, 4) is 11.4 Å². The van der Waals surface area contributed by atoms with Gasteiger partial charge in [-0.25, -0.2) is 9.97 Å². The molecule has 1 aromatic heterocycles. The molecule has 4 rings (SSSR count). The van der Waals surface area contributed by atoms with E-state index in [0.717, 1.165) is 13.1 Å². The Morgan fingerprint density at radius 1 is 1.00 bits per heavy atom. The minimum atomic E-state index is -0.567. The second-order valence-corrected chi connectivity index (χ2v) is 7.55. The normalized spacial score (nSPS) is 14.2. The van der Waals surface area contributed by atoms with Crippen molar-refractivity contribution in [2.45, 2.75) is 0 Å². The van der Waals surface area contributed by atoms with Crippen LogP contribution in [0, 0.1) is 10.1 Å². The number of ketones is 1. The maximum absolute atomic E-state index is 13.4. The van der Waals surface area contributed by atoms with E-state index in [4.69, 9.17) is 0 Å². The highest BCUT2D eigenvalue weighted by atomic mass is 16.6. The first-order chi connectivity index (χ1) is 15.4. The van der Waals surface area contributed by atoms with Crippen LogP contribution >= 0.6 is 0 Å². The van der Waals surface area contributed by atoms with E-state index >= 15 is 0 Å². The summed E-state index contributed by atoms with van der Waals surface area (Å²) in [5.41, 5.74) is 0.595. The largest absolute Gasteiger partial charge is 0.336 e. The maximum atomic E-state index is 13.4. The number of rotatable bonds is 5. The lowest BCUT2D eigenvalue weighted by Crippen LogP contribution is -2.47. The van der Waals surface area contributed by atoms with Gasteiger partial charge in [-0.2, -0.15) is 0 Å². The van der Waals surface area contributed by atoms with Crippen molar-refractivity contribution in [1.29, 1.82) is 0 Å². The molecule has 0 saturated carbocycles. The molecular weight excluding hydrogens is 410 g/mol. The van der Waals surface area contributed by atoms with Crippen molar-refractivity contribution >= 4 is 17.4 Å². The van der Waals surface area contributed by atoms with Crippen LogP contribution in [0.5, 0.6) is 0 Å². The van der Waals surface area contributed by atoms with Crippen LogP contribution < -0.4 is 0 Å². The third-order valence-corrected chi connectivity index (χ3v) is 5.38. The SMILES string of the molecule is CN1CCN(C(=O)c2cnc(-c3ccccc3)nc2C(=O)c2cccc([N+](=O)[O-])c2)CC1. The number of likely N-dealkylation sites (N-methyl/N-ethyl adjacent to an activating group) is 1. The smallest absolute Gasteiger partial charge is 0.270 e. The third kappa shape index (κ3) is 4.37. The van der Waals surface area contributed by atoms with Crippen molar-refractivity contribution in [1.82, 2.24) is 19.8 Å². The summed E-state index contributed by atoms with van der Waals surface area (Å²) in [6.07, 6.45) is 1.38. The van der Waals surface area contributed by atoms with Gasteiger partial charge in [0.1, 0.15) is 5.69 Å². The molecule has 0 radical (unpaired) electrons. The lowest BCUT2D eigenvalue weighted by atomic mass is 10.0. The fourth-order valence-electron chi connectivity index (χ4n) is 3.52. The van der Waals surface area contributed by atoms with Crippen molar-refractivity contribution < 1.29 is 14.5 Å². The van der Waals surface area contributed by atoms with Gasteiger partial charge in [0, 0.05) is 55.6 Å². The van der Waals surface area contributed by atoms with Crippen LogP contribution in [0.1, 0.15) is 26.4 Å². The summed E-state index contributed by atoms with van der Waals surface area (Å²) in [4.78, 5) is 49.8. The summed E-state index contributed by atoms with van der Waals surface area (Å²) in [7, 11) is 1.98. The summed E-state index contributed by atoms with van der Waals surface area (Å²) in [6.45, 7) is 2.51. The van der Waals surface area contributed by atoms with Gasteiger partial charge < -0.3 is 9.80 Å². The molecule has 0 N–H and O–H groups in total. The molecule has 1 fully saturated rings. The number of nitro groups is 1. The number of non-ortho nitro benzene ring substituents is 1. The summed E-state index contributed by atoms with van der Waals surface area (Å²) in [6, 6.07) is 14.5. The van der Waals surface area contributed by atoms with E-state index < -0.39 is 10.7 Å². The van der Waals surface area contributed by atoms with Gasteiger partial charge in [0.05, 0.1) is 10.5 Å². The first kappa shape index (κ1) is 21.3. The number of nitro benzene ring substituents is 1. The van der Waals surface area contributed by atoms with E-state index in [1.54, 1.807) is 17.0 Å². The highest BCUT2D eigenvalue weighted by Crippen LogP contribution is 2.22. The molecule has 1 saturated heterocycles. The monoisotopic (exact) mass is 431 g/mol. The molecule has 0 aliphatic carbocycles. The van der Waals surface area contributed by atoms with Crippen LogP contribution in [-0.2, 0) is 0 Å². The predicted molar refractivity (Wildman–Crippen MR) is 117 cm³/mol. The summed E-state index contributed by atoms with van der Waals surface area (Å²) in [5, 5.41) is 11.2. The van der Waals surface area contributed by atoms with E-state index in [0.29, 0.717) is 24.5 Å². The number of hydrogen-bond acceptors (Lipinski definition) is 7. The topological polar surface area (TPSA) is 110 Å². The van der Waals surface area contributed by atoms with Crippen LogP contribution in [0.2, 0.25) is 0 Å². The average Bonchev–Trinajstić information content (AvgIpc) is 2.84. The van der Waals surface area contributed by atoms with Gasteiger partial charge in [0.25, 0.3) is 11.6 Å². The van der Waals surface area contributed by atoms with Crippen LogP contribution in [0.25, 0.3) is 11.4 Å². The molecule has 9 heteroatoms. The van der Waals surface area contributed by atoms with E-state index in [9.17, 15) is 19.7 Å². The molecule has 3 aromatic rings. The van der Waals surface area contributed by atoms with E-state index in [1.807, 2.05) is 25.2 Å². The van der Waals surface area contributed by atoms with Crippen LogP contribution in [0.3, 0.4) is 0 Å². The summed E-state index contributed by atoms with van der Waals surface area (Å²) < 4.78 is 0. The van der Waals surface area contributed by atoms with Crippen molar-refractivity contribution in [3.05, 3.63) is 87.7 Å². The average molecular weight is 431 g/mol. The second kappa shape index (κ2) is 9.03. The Labute approximate surface area is 184 Å². The number of nitrogens with zero attached hydrogens (tertiary/aromatic N) is 5. The maximum Gasteiger partial charge on any atom is 0.270 e. The highest BCUT2D eigenvalue weighted by Gasteiger charge is 2.28. The number of carbonyl (C=O) groups excluding carboxylic acids is 2. The molecule has 32 heavy (non-hydrogen) atoms. The number of piperazine rings is 1. The zero-order chi connectivity index (χ0) is 22.7. The van der Waals surface area contributed by atoms with Gasteiger partial charge in [-0.1, -0.05) is 42.5 Å². The van der Waals surface area contributed by atoms with Gasteiger partial charge in [0.15, 0.2) is 5.82 Å². The zero-order valence-electron chi connectivity index (χ0n) is 17.5. The summed E-state index contributed by atoms with van der Waals surface area (Å²) >= 11 is 0. The molecule has 0 bridgehead atoms. The number of aromatic nitrogens is 2. The Kier molecular flexibility index (Phi) is 6.00. The molecule has 0 spiro atoms. The standard InChI is InChI=1S/C23H21N5O4/c1-26-10-12-27(13-11-26)23(30)19-15-24-22(16-6-3-2-4-7-16)25-20(19)21(29)17-8-5-9-18(14-17)28(31)32/h2-9,14-15H,10-13H2,1H3. The van der Waals surface area contributed by atoms with Crippen molar-refractivity contribution in [2.24, 2.45) is 0 Å². The van der Waals surface area contributed by atoms with Gasteiger partial charge in [-0.05, 0) is 7.05 Å². The van der Waals surface area contributed by atoms with Gasteiger partial charge in [-0.15, -0.1) is 0 Å². The first-order valence-electron chi connectivity index (χ1n) is 10.1. The minimum Gasteiger partial charge on any atom is -0.336 e. The van der Waals surface area contributed by atoms with Crippen molar-refractivity contribution in [2.75, 3.05) is 33.2 Å². The number of benzene rings is 2. The van der Waals surface area contributed by atoms with Crippen LogP contribution in [0.4, 0.5) is 5.69 Å². The van der Waals surface area contributed by atoms with E-state index in [2.05, 4.69) is 14.9 Å². The molecule has 0 unspecified atom stereocenters. The fraction of sp³-hybridized carbons (Fsp3) is 0.217. The van der Waals surface area contributed by atoms with Gasteiger partial charge in [-0.3, -0.25) is 19.7 Å². The Balaban J connectivity index is 1.78. The summed E-state index contributed by atoms with van der Waals surface area (Å²) in [5.74, 6) is -0.591. The Bertz CT molecular complexity index is 1170. The van der Waals surface area contributed by atoms with Crippen LogP contribution in [0.15, 0.2) is 60.8 Å². The second-order valence-electron chi connectivity index (χ2n) is 7.55.